The van der Waals surface area contributed by atoms with Crippen LogP contribution in [0, 0.1) is 5.82 Å². The van der Waals surface area contributed by atoms with Crippen LogP contribution in [-0.4, -0.2) is 56.9 Å². The fraction of sp³-hybridized carbons (Fsp3) is 0.333. The summed E-state index contributed by atoms with van der Waals surface area (Å²) < 4.78 is 47.4. The summed E-state index contributed by atoms with van der Waals surface area (Å²) >= 11 is 0. The van der Waals surface area contributed by atoms with Crippen LogP contribution in [0.4, 0.5) is 10.1 Å². The molecule has 10 heteroatoms. The Bertz CT molecular complexity index is 1390. The van der Waals surface area contributed by atoms with Gasteiger partial charge in [0.1, 0.15) is 24.2 Å². The van der Waals surface area contributed by atoms with E-state index in [0.29, 0.717) is 12.2 Å². The molecule has 0 saturated carbocycles. The van der Waals surface area contributed by atoms with Gasteiger partial charge in [0.05, 0.1) is 17.7 Å². The van der Waals surface area contributed by atoms with Crippen molar-refractivity contribution >= 4 is 27.5 Å². The second-order valence-electron chi connectivity index (χ2n) is 10.4. The van der Waals surface area contributed by atoms with Gasteiger partial charge in [0.15, 0.2) is 0 Å². The maximum absolute atomic E-state index is 13.9. The molecule has 3 aromatic rings. The SMILES string of the molecule is COc1ccc(S(=O)(=O)N(CC(=O)N(CCc2ccccc2)C(C)C(=O)NC(C)(C)C)c2ccc(F)cc2)cc1. The number of hydrogen-bond donors (Lipinski definition) is 1. The molecular weight excluding hydrogens is 533 g/mol. The number of carbonyl (C=O) groups excluding carboxylic acids is 2. The van der Waals surface area contributed by atoms with Crippen LogP contribution in [0.15, 0.2) is 83.8 Å². The minimum Gasteiger partial charge on any atom is -0.497 e. The van der Waals surface area contributed by atoms with E-state index in [-0.39, 0.29) is 23.0 Å². The number of amides is 2. The summed E-state index contributed by atoms with van der Waals surface area (Å²) in [7, 11) is -2.79. The fourth-order valence-corrected chi connectivity index (χ4v) is 5.47. The van der Waals surface area contributed by atoms with Crippen LogP contribution in [0.5, 0.6) is 5.75 Å². The predicted octanol–water partition coefficient (Wildman–Crippen LogP) is 4.40. The van der Waals surface area contributed by atoms with E-state index in [1.165, 1.54) is 48.4 Å². The minimum absolute atomic E-state index is 0.0696. The summed E-state index contributed by atoms with van der Waals surface area (Å²) in [6.07, 6.45) is 0.460. The molecule has 0 bridgehead atoms. The maximum Gasteiger partial charge on any atom is 0.264 e. The first-order valence-electron chi connectivity index (χ1n) is 12.9. The zero-order valence-corrected chi connectivity index (χ0v) is 24.2. The van der Waals surface area contributed by atoms with Gasteiger partial charge in [-0.15, -0.1) is 0 Å². The molecule has 40 heavy (non-hydrogen) atoms. The number of sulfonamides is 1. The Kier molecular flexibility index (Phi) is 9.92. The normalized spacial score (nSPS) is 12.3. The van der Waals surface area contributed by atoms with Crippen LogP contribution >= 0.6 is 0 Å². The molecule has 3 aromatic carbocycles. The van der Waals surface area contributed by atoms with Gasteiger partial charge in [-0.25, -0.2) is 12.8 Å². The highest BCUT2D eigenvalue weighted by atomic mass is 32.2. The van der Waals surface area contributed by atoms with Gasteiger partial charge in [-0.05, 0) is 88.2 Å². The quantitative estimate of drug-likeness (QED) is 0.369. The van der Waals surface area contributed by atoms with Crippen LogP contribution < -0.4 is 14.4 Å². The lowest BCUT2D eigenvalue weighted by atomic mass is 10.1. The Hall–Kier alpha value is -3.92. The molecule has 0 fully saturated rings. The standard InChI is InChI=1S/C30H36FN3O5S/c1-22(29(36)32-30(2,3)4)33(20-19-23-9-7-6-8-10-23)28(35)21-34(25-13-11-24(31)12-14-25)40(37,38)27-17-15-26(39-5)16-18-27/h6-18,22H,19-21H2,1-5H3,(H,32,36). The van der Waals surface area contributed by atoms with E-state index < -0.39 is 39.9 Å². The van der Waals surface area contributed by atoms with E-state index in [1.54, 1.807) is 6.92 Å². The Labute approximate surface area is 235 Å². The molecule has 0 heterocycles. The van der Waals surface area contributed by atoms with E-state index in [2.05, 4.69) is 5.32 Å². The molecular formula is C30H36FN3O5S. The van der Waals surface area contributed by atoms with Crippen LogP contribution in [0.1, 0.15) is 33.3 Å². The van der Waals surface area contributed by atoms with Gasteiger partial charge in [-0.2, -0.15) is 0 Å². The zero-order chi connectivity index (χ0) is 29.5. The molecule has 1 unspecified atom stereocenters. The Balaban J connectivity index is 1.98. The molecule has 0 aliphatic rings. The van der Waals surface area contributed by atoms with Crippen molar-refractivity contribution in [1.82, 2.24) is 10.2 Å². The van der Waals surface area contributed by atoms with E-state index in [0.717, 1.165) is 22.0 Å². The third kappa shape index (κ3) is 8.05. The lowest BCUT2D eigenvalue weighted by molar-refractivity contribution is -0.139. The topological polar surface area (TPSA) is 96.0 Å². The number of halogens is 1. The van der Waals surface area contributed by atoms with E-state index >= 15 is 0 Å². The van der Waals surface area contributed by atoms with Crippen molar-refractivity contribution in [2.45, 2.75) is 50.6 Å². The number of nitrogens with zero attached hydrogens (tertiary/aromatic N) is 2. The highest BCUT2D eigenvalue weighted by molar-refractivity contribution is 7.92. The van der Waals surface area contributed by atoms with Crippen molar-refractivity contribution in [3.05, 3.63) is 90.2 Å². The third-order valence-electron chi connectivity index (χ3n) is 6.19. The Morgan fingerprint density at radius 2 is 1.55 bits per heavy atom. The van der Waals surface area contributed by atoms with Crippen molar-refractivity contribution in [2.24, 2.45) is 0 Å². The van der Waals surface area contributed by atoms with Gasteiger partial charge in [-0.3, -0.25) is 13.9 Å². The van der Waals surface area contributed by atoms with Gasteiger partial charge in [0.2, 0.25) is 11.8 Å². The van der Waals surface area contributed by atoms with Crippen LogP contribution in [0.2, 0.25) is 0 Å². The first-order valence-corrected chi connectivity index (χ1v) is 14.3. The lowest BCUT2D eigenvalue weighted by Crippen LogP contribution is -2.55. The number of ether oxygens (including phenoxy) is 1. The maximum atomic E-state index is 13.9. The van der Waals surface area contributed by atoms with E-state index in [9.17, 15) is 22.4 Å². The van der Waals surface area contributed by atoms with E-state index in [4.69, 9.17) is 4.74 Å². The summed E-state index contributed by atoms with van der Waals surface area (Å²) in [6, 6.07) is 19.2. The molecule has 0 aliphatic carbocycles. The fourth-order valence-electron chi connectivity index (χ4n) is 4.06. The van der Waals surface area contributed by atoms with Gasteiger partial charge in [-0.1, -0.05) is 30.3 Å². The molecule has 3 rings (SSSR count). The summed E-state index contributed by atoms with van der Waals surface area (Å²) in [5.41, 5.74) is 0.544. The van der Waals surface area contributed by atoms with Crippen molar-refractivity contribution in [3.63, 3.8) is 0 Å². The molecule has 1 N–H and O–H groups in total. The molecule has 0 aromatic heterocycles. The molecule has 8 nitrogen and oxygen atoms in total. The molecule has 0 radical (unpaired) electrons. The van der Waals surface area contributed by atoms with Crippen LogP contribution in [-0.2, 0) is 26.0 Å². The van der Waals surface area contributed by atoms with Crippen molar-refractivity contribution < 1.29 is 27.1 Å². The molecule has 0 saturated heterocycles. The van der Waals surface area contributed by atoms with Crippen molar-refractivity contribution in [2.75, 3.05) is 24.5 Å². The molecule has 214 valence electrons. The highest BCUT2D eigenvalue weighted by Gasteiger charge is 2.33. The number of rotatable bonds is 11. The number of carbonyl (C=O) groups is 2. The first-order chi connectivity index (χ1) is 18.8. The lowest BCUT2D eigenvalue weighted by Gasteiger charge is -2.33. The summed E-state index contributed by atoms with van der Waals surface area (Å²) in [5.74, 6) is -1.02. The molecule has 2 amide bonds. The number of benzene rings is 3. The summed E-state index contributed by atoms with van der Waals surface area (Å²) in [4.78, 5) is 28.3. The van der Waals surface area contributed by atoms with Gasteiger partial charge in [0, 0.05) is 12.1 Å². The molecule has 0 aliphatic heterocycles. The Morgan fingerprint density at radius 1 is 0.950 bits per heavy atom. The summed E-state index contributed by atoms with van der Waals surface area (Å²) in [5, 5.41) is 2.89. The minimum atomic E-state index is -4.26. The second kappa shape index (κ2) is 13.0. The highest BCUT2D eigenvalue weighted by Crippen LogP contribution is 2.26. The monoisotopic (exact) mass is 569 g/mol. The number of hydrogen-bond acceptors (Lipinski definition) is 5. The predicted molar refractivity (Wildman–Crippen MR) is 153 cm³/mol. The second-order valence-corrected chi connectivity index (χ2v) is 12.3. The van der Waals surface area contributed by atoms with Crippen molar-refractivity contribution in [1.29, 1.82) is 0 Å². The van der Waals surface area contributed by atoms with Crippen molar-refractivity contribution in [3.8, 4) is 5.75 Å². The first kappa shape index (κ1) is 30.6. The van der Waals surface area contributed by atoms with Gasteiger partial charge in [0.25, 0.3) is 10.0 Å². The van der Waals surface area contributed by atoms with Gasteiger partial charge < -0.3 is 15.0 Å². The van der Waals surface area contributed by atoms with Crippen LogP contribution in [0.3, 0.4) is 0 Å². The van der Waals surface area contributed by atoms with Crippen LogP contribution in [0.25, 0.3) is 0 Å². The summed E-state index contributed by atoms with van der Waals surface area (Å²) in [6.45, 7) is 6.72. The smallest absolute Gasteiger partial charge is 0.264 e. The average molecular weight is 570 g/mol. The van der Waals surface area contributed by atoms with E-state index in [1.807, 2.05) is 51.1 Å². The number of methoxy groups -OCH3 is 1. The molecule has 0 spiro atoms. The number of nitrogens with one attached hydrogen (secondary N) is 1. The number of anilines is 1. The molecule has 1 atom stereocenters. The third-order valence-corrected chi connectivity index (χ3v) is 7.98. The average Bonchev–Trinajstić information content (AvgIpc) is 2.92. The zero-order valence-electron chi connectivity index (χ0n) is 23.4. The van der Waals surface area contributed by atoms with Gasteiger partial charge >= 0.3 is 0 Å². The largest absolute Gasteiger partial charge is 0.497 e. The Morgan fingerprint density at radius 3 is 2.10 bits per heavy atom.